The van der Waals surface area contributed by atoms with Crippen LogP contribution in [0.15, 0.2) is 24.3 Å². The van der Waals surface area contributed by atoms with Crippen LogP contribution >= 0.6 is 0 Å². The minimum absolute atomic E-state index is 0.0823. The lowest BCUT2D eigenvalue weighted by molar-refractivity contribution is -0.118. The highest BCUT2D eigenvalue weighted by molar-refractivity contribution is 5.94. The summed E-state index contributed by atoms with van der Waals surface area (Å²) in [4.78, 5) is 22.7. The summed E-state index contributed by atoms with van der Waals surface area (Å²) in [5.74, 6) is 0.493. The zero-order valence-corrected chi connectivity index (χ0v) is 12.7. The van der Waals surface area contributed by atoms with Gasteiger partial charge in [-0.05, 0) is 36.5 Å². The third-order valence-electron chi connectivity index (χ3n) is 4.03. The van der Waals surface area contributed by atoms with E-state index in [9.17, 15) is 9.59 Å². The van der Waals surface area contributed by atoms with Gasteiger partial charge < -0.3 is 10.6 Å². The fourth-order valence-corrected chi connectivity index (χ4v) is 2.86. The van der Waals surface area contributed by atoms with Gasteiger partial charge in [-0.3, -0.25) is 9.59 Å². The van der Waals surface area contributed by atoms with Gasteiger partial charge >= 0.3 is 0 Å². The van der Waals surface area contributed by atoms with E-state index in [0.717, 1.165) is 0 Å². The minimum atomic E-state index is -0.0875. The van der Waals surface area contributed by atoms with Gasteiger partial charge in [0.25, 0.3) is 5.91 Å². The molecule has 114 valence electrons. The van der Waals surface area contributed by atoms with Crippen molar-refractivity contribution >= 4 is 11.8 Å². The van der Waals surface area contributed by atoms with Crippen molar-refractivity contribution in [3.05, 3.63) is 35.4 Å². The van der Waals surface area contributed by atoms with Gasteiger partial charge in [0.1, 0.15) is 0 Å². The molecule has 0 unspecified atom stereocenters. The Bertz CT molecular complexity index is 476. The van der Waals surface area contributed by atoms with Crippen LogP contribution < -0.4 is 10.6 Å². The zero-order valence-electron chi connectivity index (χ0n) is 12.7. The smallest absolute Gasteiger partial charge is 0.251 e. The Labute approximate surface area is 126 Å². The first-order chi connectivity index (χ1) is 10.2. The van der Waals surface area contributed by atoms with Gasteiger partial charge in [-0.2, -0.15) is 0 Å². The van der Waals surface area contributed by atoms with Crippen LogP contribution in [-0.2, 0) is 4.79 Å². The first kappa shape index (κ1) is 15.5. The summed E-state index contributed by atoms with van der Waals surface area (Å²) in [5.41, 5.74) is 2.03. The van der Waals surface area contributed by atoms with Gasteiger partial charge in [0.2, 0.25) is 5.91 Å². The maximum absolute atomic E-state index is 12.0. The van der Waals surface area contributed by atoms with Crippen LogP contribution in [0.4, 0.5) is 0 Å². The number of benzene rings is 1. The molecular formula is C17H24N2O2. The first-order valence-corrected chi connectivity index (χ1v) is 7.79. The predicted molar refractivity (Wildman–Crippen MR) is 83.3 cm³/mol. The molecule has 2 rings (SSSR count). The Morgan fingerprint density at radius 2 is 1.62 bits per heavy atom. The van der Waals surface area contributed by atoms with Gasteiger partial charge in [-0.1, -0.05) is 31.4 Å². The summed E-state index contributed by atoms with van der Waals surface area (Å²) in [6.07, 6.45) is 6.52. The second kappa shape index (κ2) is 7.81. The fourth-order valence-electron chi connectivity index (χ4n) is 2.86. The van der Waals surface area contributed by atoms with Crippen molar-refractivity contribution in [1.29, 1.82) is 0 Å². The van der Waals surface area contributed by atoms with Gasteiger partial charge in [0.15, 0.2) is 0 Å². The maximum atomic E-state index is 12.0. The monoisotopic (exact) mass is 288 g/mol. The third-order valence-corrected chi connectivity index (χ3v) is 4.03. The molecule has 1 aromatic rings. The molecule has 0 aliphatic heterocycles. The van der Waals surface area contributed by atoms with E-state index in [1.165, 1.54) is 44.6 Å². The number of amides is 2. The SMILES string of the molecule is CC(=O)NCCNC(=O)c1ccc(C2CCCCC2)cc1. The summed E-state index contributed by atoms with van der Waals surface area (Å²) < 4.78 is 0. The van der Waals surface area contributed by atoms with Crippen LogP contribution in [0, 0.1) is 0 Å². The van der Waals surface area contributed by atoms with Crippen molar-refractivity contribution in [2.75, 3.05) is 13.1 Å². The topological polar surface area (TPSA) is 58.2 Å². The molecule has 2 amide bonds. The van der Waals surface area contributed by atoms with E-state index < -0.39 is 0 Å². The van der Waals surface area contributed by atoms with Crippen LogP contribution in [0.2, 0.25) is 0 Å². The van der Waals surface area contributed by atoms with Gasteiger partial charge in [0, 0.05) is 25.6 Å². The van der Waals surface area contributed by atoms with E-state index in [1.54, 1.807) is 0 Å². The molecule has 0 saturated heterocycles. The Morgan fingerprint density at radius 1 is 1.00 bits per heavy atom. The van der Waals surface area contributed by atoms with Crippen LogP contribution in [-0.4, -0.2) is 24.9 Å². The van der Waals surface area contributed by atoms with E-state index in [1.807, 2.05) is 12.1 Å². The normalized spacial score (nSPS) is 15.5. The van der Waals surface area contributed by atoms with Gasteiger partial charge in [-0.25, -0.2) is 0 Å². The lowest BCUT2D eigenvalue weighted by Gasteiger charge is -2.22. The van der Waals surface area contributed by atoms with Gasteiger partial charge in [0.05, 0.1) is 0 Å². The van der Waals surface area contributed by atoms with E-state index in [-0.39, 0.29) is 11.8 Å². The Balaban J connectivity index is 1.83. The molecule has 2 N–H and O–H groups in total. The Hall–Kier alpha value is -1.84. The molecule has 1 aromatic carbocycles. The molecule has 0 bridgehead atoms. The summed E-state index contributed by atoms with van der Waals surface area (Å²) in [5, 5.41) is 5.45. The highest BCUT2D eigenvalue weighted by atomic mass is 16.2. The van der Waals surface area contributed by atoms with Crippen molar-refractivity contribution in [3.8, 4) is 0 Å². The molecule has 1 aliphatic carbocycles. The Morgan fingerprint density at radius 3 is 2.24 bits per heavy atom. The highest BCUT2D eigenvalue weighted by Crippen LogP contribution is 2.32. The number of carbonyl (C=O) groups excluding carboxylic acids is 2. The summed E-state index contributed by atoms with van der Waals surface area (Å²) in [6, 6.07) is 7.97. The van der Waals surface area contributed by atoms with Crippen molar-refractivity contribution in [2.24, 2.45) is 0 Å². The molecule has 0 heterocycles. The number of rotatable bonds is 5. The summed E-state index contributed by atoms with van der Waals surface area (Å²) in [7, 11) is 0. The summed E-state index contributed by atoms with van der Waals surface area (Å²) in [6.45, 7) is 2.37. The molecule has 1 aliphatic rings. The van der Waals surface area contributed by atoms with E-state index in [0.29, 0.717) is 24.6 Å². The van der Waals surface area contributed by atoms with Crippen molar-refractivity contribution < 1.29 is 9.59 Å². The second-order valence-corrected chi connectivity index (χ2v) is 5.70. The standard InChI is InChI=1S/C17H24N2O2/c1-13(20)18-11-12-19-17(21)16-9-7-15(8-10-16)14-5-3-2-4-6-14/h7-10,14H,2-6,11-12H2,1H3,(H,18,20)(H,19,21). The van der Waals surface area contributed by atoms with Crippen molar-refractivity contribution in [2.45, 2.75) is 44.9 Å². The van der Waals surface area contributed by atoms with E-state index in [2.05, 4.69) is 22.8 Å². The molecule has 21 heavy (non-hydrogen) atoms. The van der Waals surface area contributed by atoms with Crippen LogP contribution in [0.1, 0.15) is 60.9 Å². The average molecular weight is 288 g/mol. The number of carbonyl (C=O) groups is 2. The lowest BCUT2D eigenvalue weighted by Crippen LogP contribution is -2.33. The van der Waals surface area contributed by atoms with E-state index in [4.69, 9.17) is 0 Å². The summed E-state index contributed by atoms with van der Waals surface area (Å²) >= 11 is 0. The molecule has 4 heteroatoms. The lowest BCUT2D eigenvalue weighted by atomic mass is 9.84. The second-order valence-electron chi connectivity index (χ2n) is 5.70. The van der Waals surface area contributed by atoms with Gasteiger partial charge in [-0.15, -0.1) is 0 Å². The highest BCUT2D eigenvalue weighted by Gasteiger charge is 2.15. The molecule has 1 fully saturated rings. The molecule has 0 aromatic heterocycles. The average Bonchev–Trinajstić information content (AvgIpc) is 2.52. The number of nitrogens with one attached hydrogen (secondary N) is 2. The van der Waals surface area contributed by atoms with Crippen molar-refractivity contribution in [1.82, 2.24) is 10.6 Å². The molecule has 0 atom stereocenters. The first-order valence-electron chi connectivity index (χ1n) is 7.79. The molecule has 0 radical (unpaired) electrons. The molecular weight excluding hydrogens is 264 g/mol. The Kier molecular flexibility index (Phi) is 5.78. The largest absolute Gasteiger partial charge is 0.355 e. The minimum Gasteiger partial charge on any atom is -0.355 e. The molecule has 4 nitrogen and oxygen atoms in total. The predicted octanol–water partition coefficient (Wildman–Crippen LogP) is 2.60. The molecule has 1 saturated carbocycles. The molecule has 0 spiro atoms. The zero-order chi connectivity index (χ0) is 15.1. The number of hydrogen-bond acceptors (Lipinski definition) is 2. The third kappa shape index (κ3) is 4.88. The van der Waals surface area contributed by atoms with Crippen LogP contribution in [0.5, 0.6) is 0 Å². The fraction of sp³-hybridized carbons (Fsp3) is 0.529. The van der Waals surface area contributed by atoms with E-state index >= 15 is 0 Å². The maximum Gasteiger partial charge on any atom is 0.251 e. The van der Waals surface area contributed by atoms with Crippen LogP contribution in [0.3, 0.4) is 0 Å². The number of hydrogen-bond donors (Lipinski definition) is 2. The quantitative estimate of drug-likeness (QED) is 0.818. The van der Waals surface area contributed by atoms with Crippen molar-refractivity contribution in [3.63, 3.8) is 0 Å². The van der Waals surface area contributed by atoms with Crippen LogP contribution in [0.25, 0.3) is 0 Å².